The maximum Gasteiger partial charge on any atom is 0.223 e. The van der Waals surface area contributed by atoms with Crippen LogP contribution in [0.4, 0.5) is 0 Å². The van der Waals surface area contributed by atoms with Crippen molar-refractivity contribution in [3.63, 3.8) is 0 Å². The van der Waals surface area contributed by atoms with Crippen LogP contribution in [-0.2, 0) is 4.79 Å². The molecule has 0 fully saturated rings. The molecule has 0 bridgehead atoms. The Labute approximate surface area is 135 Å². The second-order valence-electron chi connectivity index (χ2n) is 5.92. The molecule has 4 nitrogen and oxygen atoms in total. The van der Waals surface area contributed by atoms with Crippen molar-refractivity contribution in [1.29, 1.82) is 0 Å². The second kappa shape index (κ2) is 8.39. The molecule has 1 aromatic rings. The number of halogens is 1. The van der Waals surface area contributed by atoms with Crippen LogP contribution in [0.15, 0.2) is 28.7 Å². The Bertz CT molecular complexity index is 443. The third kappa shape index (κ3) is 8.07. The summed E-state index contributed by atoms with van der Waals surface area (Å²) in [5.41, 5.74) is -0.865. The predicted molar refractivity (Wildman–Crippen MR) is 87.3 cm³/mol. The highest BCUT2D eigenvalue weighted by molar-refractivity contribution is 9.10. The van der Waals surface area contributed by atoms with Gasteiger partial charge in [0, 0.05) is 11.0 Å². The standard InChI is InChI=1S/C16H24BrNO3/c1-12(2)10-16(3,20)11-18-15(19)8-9-21-14-6-4-13(17)5-7-14/h4-7,12,20H,8-11H2,1-3H3,(H,18,19). The molecule has 0 saturated carbocycles. The van der Waals surface area contributed by atoms with E-state index in [-0.39, 0.29) is 18.9 Å². The number of nitrogens with one attached hydrogen (secondary N) is 1. The van der Waals surface area contributed by atoms with Crippen molar-refractivity contribution in [3.05, 3.63) is 28.7 Å². The first kappa shape index (κ1) is 18.0. The first-order valence-electron chi connectivity index (χ1n) is 7.16. The fourth-order valence-corrected chi connectivity index (χ4v) is 2.39. The third-order valence-corrected chi connectivity index (χ3v) is 3.45. The first-order chi connectivity index (χ1) is 9.78. The van der Waals surface area contributed by atoms with Crippen LogP contribution in [0, 0.1) is 5.92 Å². The highest BCUT2D eigenvalue weighted by atomic mass is 79.9. The summed E-state index contributed by atoms with van der Waals surface area (Å²) < 4.78 is 6.47. The monoisotopic (exact) mass is 357 g/mol. The number of carbonyl (C=O) groups is 1. The van der Waals surface area contributed by atoms with E-state index in [0.717, 1.165) is 10.2 Å². The summed E-state index contributed by atoms with van der Waals surface area (Å²) in [4.78, 5) is 11.7. The van der Waals surface area contributed by atoms with E-state index in [9.17, 15) is 9.90 Å². The van der Waals surface area contributed by atoms with Crippen molar-refractivity contribution in [1.82, 2.24) is 5.32 Å². The lowest BCUT2D eigenvalue weighted by Gasteiger charge is -2.25. The summed E-state index contributed by atoms with van der Waals surface area (Å²) >= 11 is 3.35. The van der Waals surface area contributed by atoms with Gasteiger partial charge in [-0.15, -0.1) is 0 Å². The normalized spacial score (nSPS) is 13.8. The molecule has 2 N–H and O–H groups in total. The van der Waals surface area contributed by atoms with Crippen LogP contribution in [0.5, 0.6) is 5.75 Å². The molecule has 0 aliphatic heterocycles. The summed E-state index contributed by atoms with van der Waals surface area (Å²) in [6.07, 6.45) is 0.927. The summed E-state index contributed by atoms with van der Waals surface area (Å²) in [6.45, 7) is 6.42. The number of rotatable bonds is 8. The van der Waals surface area contributed by atoms with E-state index in [1.807, 2.05) is 38.1 Å². The minimum Gasteiger partial charge on any atom is -0.493 e. The van der Waals surface area contributed by atoms with Crippen LogP contribution in [0.2, 0.25) is 0 Å². The van der Waals surface area contributed by atoms with Crippen molar-refractivity contribution >= 4 is 21.8 Å². The number of ether oxygens (including phenoxy) is 1. The largest absolute Gasteiger partial charge is 0.493 e. The first-order valence-corrected chi connectivity index (χ1v) is 7.95. The summed E-state index contributed by atoms with van der Waals surface area (Å²) in [5, 5.41) is 12.9. The molecule has 21 heavy (non-hydrogen) atoms. The molecule has 5 heteroatoms. The van der Waals surface area contributed by atoms with E-state index < -0.39 is 5.60 Å². The van der Waals surface area contributed by atoms with Crippen LogP contribution in [0.3, 0.4) is 0 Å². The molecule has 1 rings (SSSR count). The maximum atomic E-state index is 11.7. The molecule has 0 saturated heterocycles. The highest BCUT2D eigenvalue weighted by Crippen LogP contribution is 2.16. The van der Waals surface area contributed by atoms with Gasteiger partial charge >= 0.3 is 0 Å². The number of aliphatic hydroxyl groups is 1. The van der Waals surface area contributed by atoms with Gasteiger partial charge < -0.3 is 15.2 Å². The van der Waals surface area contributed by atoms with Crippen LogP contribution >= 0.6 is 15.9 Å². The minimum atomic E-state index is -0.865. The Morgan fingerprint density at radius 3 is 2.57 bits per heavy atom. The summed E-state index contributed by atoms with van der Waals surface area (Å²) in [5.74, 6) is 1.01. The molecule has 1 amide bonds. The topological polar surface area (TPSA) is 58.6 Å². The number of hydrogen-bond acceptors (Lipinski definition) is 3. The molecule has 1 aromatic carbocycles. The highest BCUT2D eigenvalue weighted by Gasteiger charge is 2.22. The molecule has 0 aromatic heterocycles. The minimum absolute atomic E-state index is 0.115. The number of carbonyl (C=O) groups excluding carboxylic acids is 1. The Balaban J connectivity index is 2.23. The number of hydrogen-bond donors (Lipinski definition) is 2. The van der Waals surface area contributed by atoms with Gasteiger partial charge in [-0.2, -0.15) is 0 Å². The number of amides is 1. The zero-order chi connectivity index (χ0) is 15.9. The third-order valence-electron chi connectivity index (χ3n) is 2.93. The van der Waals surface area contributed by atoms with Gasteiger partial charge in [-0.25, -0.2) is 0 Å². The van der Waals surface area contributed by atoms with E-state index in [1.54, 1.807) is 6.92 Å². The molecule has 1 atom stereocenters. The van der Waals surface area contributed by atoms with Crippen molar-refractivity contribution in [2.45, 2.75) is 39.2 Å². The Kier molecular flexibility index (Phi) is 7.18. The molecular weight excluding hydrogens is 334 g/mol. The Morgan fingerprint density at radius 1 is 1.38 bits per heavy atom. The van der Waals surface area contributed by atoms with E-state index >= 15 is 0 Å². The SMILES string of the molecule is CC(C)CC(C)(O)CNC(=O)CCOc1ccc(Br)cc1. The second-order valence-corrected chi connectivity index (χ2v) is 6.84. The summed E-state index contributed by atoms with van der Waals surface area (Å²) in [6, 6.07) is 7.46. The van der Waals surface area contributed by atoms with Crippen molar-refractivity contribution in [2.24, 2.45) is 5.92 Å². The van der Waals surface area contributed by atoms with Crippen LogP contribution < -0.4 is 10.1 Å². The maximum absolute atomic E-state index is 11.7. The van der Waals surface area contributed by atoms with Crippen LogP contribution in [-0.4, -0.2) is 29.8 Å². The van der Waals surface area contributed by atoms with E-state index in [4.69, 9.17) is 4.74 Å². The molecular formula is C16H24BrNO3. The fourth-order valence-electron chi connectivity index (χ4n) is 2.12. The molecule has 118 valence electrons. The summed E-state index contributed by atoms with van der Waals surface area (Å²) in [7, 11) is 0. The molecule has 0 aliphatic carbocycles. The molecule has 0 heterocycles. The number of benzene rings is 1. The van der Waals surface area contributed by atoms with Crippen LogP contribution in [0.25, 0.3) is 0 Å². The van der Waals surface area contributed by atoms with E-state index in [2.05, 4.69) is 21.2 Å². The molecule has 0 spiro atoms. The quantitative estimate of drug-likeness (QED) is 0.751. The van der Waals surface area contributed by atoms with E-state index in [0.29, 0.717) is 18.9 Å². The fraction of sp³-hybridized carbons (Fsp3) is 0.562. The van der Waals surface area contributed by atoms with E-state index in [1.165, 1.54) is 0 Å². The van der Waals surface area contributed by atoms with Gasteiger partial charge in [-0.3, -0.25) is 4.79 Å². The van der Waals surface area contributed by atoms with Crippen LogP contribution in [0.1, 0.15) is 33.6 Å². The van der Waals surface area contributed by atoms with Crippen molar-refractivity contribution in [2.75, 3.05) is 13.2 Å². The predicted octanol–water partition coefficient (Wildman–Crippen LogP) is 3.13. The molecule has 1 unspecified atom stereocenters. The zero-order valence-corrected chi connectivity index (χ0v) is 14.4. The average Bonchev–Trinajstić information content (AvgIpc) is 2.37. The molecule has 0 aliphatic rings. The smallest absolute Gasteiger partial charge is 0.223 e. The van der Waals surface area contributed by atoms with Gasteiger partial charge in [-0.05, 0) is 43.5 Å². The van der Waals surface area contributed by atoms with Crippen molar-refractivity contribution < 1.29 is 14.6 Å². The van der Waals surface area contributed by atoms with Gasteiger partial charge in [0.15, 0.2) is 0 Å². The zero-order valence-electron chi connectivity index (χ0n) is 12.9. The average molecular weight is 358 g/mol. The van der Waals surface area contributed by atoms with Gasteiger partial charge in [0.05, 0.1) is 18.6 Å². The van der Waals surface area contributed by atoms with Gasteiger partial charge in [0.1, 0.15) is 5.75 Å². The van der Waals surface area contributed by atoms with Gasteiger partial charge in [0.2, 0.25) is 5.91 Å². The van der Waals surface area contributed by atoms with Crippen molar-refractivity contribution in [3.8, 4) is 5.75 Å². The Hall–Kier alpha value is -1.07. The van der Waals surface area contributed by atoms with Gasteiger partial charge in [0.25, 0.3) is 0 Å². The lowest BCUT2D eigenvalue weighted by Crippen LogP contribution is -2.41. The lowest BCUT2D eigenvalue weighted by atomic mass is 9.94. The lowest BCUT2D eigenvalue weighted by molar-refractivity contribution is -0.122. The molecule has 0 radical (unpaired) electrons. The van der Waals surface area contributed by atoms with Gasteiger partial charge in [-0.1, -0.05) is 29.8 Å². The Morgan fingerprint density at radius 2 is 2.00 bits per heavy atom.